The van der Waals surface area contributed by atoms with E-state index in [0.717, 1.165) is 20.7 Å². The molecule has 0 spiro atoms. The van der Waals surface area contributed by atoms with Gasteiger partial charge in [0.05, 0.1) is 0 Å². The average molecular weight is 331 g/mol. The standard InChI is InChI=1S/C18H13Cl2P/c19-15-10-4-6-12-17(15)21(14-8-2-1-3-9-14)18-13-7-5-11-16(18)20/h1-13H. The van der Waals surface area contributed by atoms with Gasteiger partial charge in [0.2, 0.25) is 0 Å². The van der Waals surface area contributed by atoms with Gasteiger partial charge in [0.1, 0.15) is 0 Å². The molecule has 3 aromatic rings. The highest BCUT2D eigenvalue weighted by Crippen LogP contribution is 2.37. The molecule has 0 saturated heterocycles. The molecule has 0 N–H and O–H groups in total. The first kappa shape index (κ1) is 14.6. The van der Waals surface area contributed by atoms with Crippen molar-refractivity contribution < 1.29 is 0 Å². The van der Waals surface area contributed by atoms with E-state index in [0.29, 0.717) is 0 Å². The minimum Gasteiger partial charge on any atom is -0.0836 e. The van der Waals surface area contributed by atoms with Gasteiger partial charge in [-0.25, -0.2) is 0 Å². The lowest BCUT2D eigenvalue weighted by Gasteiger charge is -2.21. The van der Waals surface area contributed by atoms with Crippen LogP contribution < -0.4 is 15.9 Å². The number of hydrogen-bond acceptors (Lipinski definition) is 0. The largest absolute Gasteiger partial charge is 0.0836 e. The van der Waals surface area contributed by atoms with Crippen molar-refractivity contribution in [2.24, 2.45) is 0 Å². The lowest BCUT2D eigenvalue weighted by atomic mass is 10.3. The number of rotatable bonds is 3. The Kier molecular flexibility index (Phi) is 4.60. The van der Waals surface area contributed by atoms with Gasteiger partial charge in [-0.2, -0.15) is 0 Å². The smallest absolute Gasteiger partial charge is 0.0489 e. The molecule has 0 aliphatic carbocycles. The Morgan fingerprint density at radius 3 is 1.43 bits per heavy atom. The summed E-state index contributed by atoms with van der Waals surface area (Å²) in [6.07, 6.45) is 0. The molecule has 0 atom stereocenters. The first-order chi connectivity index (χ1) is 10.3. The summed E-state index contributed by atoms with van der Waals surface area (Å²) in [5, 5.41) is 5.08. The average Bonchev–Trinajstić information content (AvgIpc) is 2.52. The molecule has 0 saturated carbocycles. The van der Waals surface area contributed by atoms with Gasteiger partial charge in [-0.05, 0) is 25.4 Å². The fourth-order valence-electron chi connectivity index (χ4n) is 2.25. The van der Waals surface area contributed by atoms with E-state index in [2.05, 4.69) is 36.4 Å². The molecule has 104 valence electrons. The zero-order valence-corrected chi connectivity index (χ0v) is 13.6. The van der Waals surface area contributed by atoms with Gasteiger partial charge in [-0.3, -0.25) is 0 Å². The summed E-state index contributed by atoms with van der Waals surface area (Å²) < 4.78 is 0. The first-order valence-electron chi connectivity index (χ1n) is 6.61. The van der Waals surface area contributed by atoms with Crippen LogP contribution in [-0.2, 0) is 0 Å². The molecule has 0 fully saturated rings. The van der Waals surface area contributed by atoms with E-state index in [9.17, 15) is 0 Å². The Morgan fingerprint density at radius 2 is 0.952 bits per heavy atom. The Balaban J connectivity index is 2.22. The molecular formula is C18H13Cl2P. The molecule has 3 heteroatoms. The fourth-order valence-corrected chi connectivity index (χ4v) is 5.36. The maximum absolute atomic E-state index is 6.44. The first-order valence-corrected chi connectivity index (χ1v) is 8.71. The molecule has 0 radical (unpaired) electrons. The normalized spacial score (nSPS) is 10.8. The van der Waals surface area contributed by atoms with Gasteiger partial charge in [0.25, 0.3) is 0 Å². The van der Waals surface area contributed by atoms with Crippen LogP contribution in [0.3, 0.4) is 0 Å². The Hall–Kier alpha value is -1.33. The van der Waals surface area contributed by atoms with Crippen LogP contribution in [0.25, 0.3) is 0 Å². The van der Waals surface area contributed by atoms with Crippen molar-refractivity contribution in [3.05, 3.63) is 88.9 Å². The molecular weight excluding hydrogens is 318 g/mol. The lowest BCUT2D eigenvalue weighted by molar-refractivity contribution is 1.73. The van der Waals surface area contributed by atoms with Gasteiger partial charge < -0.3 is 0 Å². The quantitative estimate of drug-likeness (QED) is 0.608. The van der Waals surface area contributed by atoms with Crippen LogP contribution in [0.1, 0.15) is 0 Å². The fraction of sp³-hybridized carbons (Fsp3) is 0. The van der Waals surface area contributed by atoms with E-state index in [1.54, 1.807) is 0 Å². The summed E-state index contributed by atoms with van der Waals surface area (Å²) in [4.78, 5) is 0. The van der Waals surface area contributed by atoms with Crippen LogP contribution in [0.2, 0.25) is 10.0 Å². The zero-order chi connectivity index (χ0) is 14.7. The number of halogens is 2. The molecule has 3 aromatic carbocycles. The molecule has 0 unspecified atom stereocenters. The van der Waals surface area contributed by atoms with Gasteiger partial charge in [0.15, 0.2) is 0 Å². The third kappa shape index (κ3) is 3.14. The van der Waals surface area contributed by atoms with Gasteiger partial charge in [0, 0.05) is 20.7 Å². The van der Waals surface area contributed by atoms with E-state index in [1.165, 1.54) is 5.30 Å². The second kappa shape index (κ2) is 6.62. The SMILES string of the molecule is Clc1ccccc1P(c1ccccc1)c1ccccc1Cl. The summed E-state index contributed by atoms with van der Waals surface area (Å²) in [5.74, 6) is 0. The predicted molar refractivity (Wildman–Crippen MR) is 95.2 cm³/mol. The van der Waals surface area contributed by atoms with Crippen molar-refractivity contribution in [3.63, 3.8) is 0 Å². The maximum Gasteiger partial charge on any atom is 0.0489 e. The number of benzene rings is 3. The molecule has 21 heavy (non-hydrogen) atoms. The van der Waals surface area contributed by atoms with Crippen LogP contribution in [0, 0.1) is 0 Å². The van der Waals surface area contributed by atoms with Crippen LogP contribution in [0.15, 0.2) is 78.9 Å². The minimum absolute atomic E-state index is 0.752. The van der Waals surface area contributed by atoms with Crippen molar-refractivity contribution in [2.45, 2.75) is 0 Å². The topological polar surface area (TPSA) is 0 Å². The highest BCUT2D eigenvalue weighted by atomic mass is 35.5. The van der Waals surface area contributed by atoms with Crippen LogP contribution in [0.5, 0.6) is 0 Å². The van der Waals surface area contributed by atoms with E-state index >= 15 is 0 Å². The zero-order valence-electron chi connectivity index (χ0n) is 11.2. The van der Waals surface area contributed by atoms with Crippen LogP contribution >= 0.6 is 31.1 Å². The highest BCUT2D eigenvalue weighted by Gasteiger charge is 2.20. The van der Waals surface area contributed by atoms with Crippen LogP contribution in [-0.4, -0.2) is 0 Å². The second-order valence-corrected chi connectivity index (χ2v) is 7.54. The van der Waals surface area contributed by atoms with E-state index < -0.39 is 7.92 Å². The van der Waals surface area contributed by atoms with Crippen LogP contribution in [0.4, 0.5) is 0 Å². The van der Waals surface area contributed by atoms with Crippen molar-refractivity contribution in [3.8, 4) is 0 Å². The molecule has 0 aliphatic rings. The van der Waals surface area contributed by atoms with Crippen molar-refractivity contribution >= 4 is 47.0 Å². The van der Waals surface area contributed by atoms with Crippen molar-refractivity contribution in [1.82, 2.24) is 0 Å². The second-order valence-electron chi connectivity index (χ2n) is 4.57. The van der Waals surface area contributed by atoms with Gasteiger partial charge in [-0.15, -0.1) is 0 Å². The molecule has 0 nitrogen and oxygen atoms in total. The summed E-state index contributed by atoms with van der Waals surface area (Å²) in [6, 6.07) is 26.4. The van der Waals surface area contributed by atoms with Crippen molar-refractivity contribution in [2.75, 3.05) is 0 Å². The Bertz CT molecular complexity index is 695. The molecule has 0 aliphatic heterocycles. The summed E-state index contributed by atoms with van der Waals surface area (Å²) in [6.45, 7) is 0. The minimum atomic E-state index is -0.752. The third-order valence-electron chi connectivity index (χ3n) is 3.20. The lowest BCUT2D eigenvalue weighted by Crippen LogP contribution is -2.22. The van der Waals surface area contributed by atoms with E-state index in [-0.39, 0.29) is 0 Å². The molecule has 0 aromatic heterocycles. The third-order valence-corrected chi connectivity index (χ3v) is 6.68. The Morgan fingerprint density at radius 1 is 0.524 bits per heavy atom. The molecule has 0 amide bonds. The van der Waals surface area contributed by atoms with Crippen molar-refractivity contribution in [1.29, 1.82) is 0 Å². The number of hydrogen-bond donors (Lipinski definition) is 0. The molecule has 0 heterocycles. The highest BCUT2D eigenvalue weighted by molar-refractivity contribution is 7.80. The predicted octanol–water partition coefficient (Wildman–Crippen LogP) is 4.75. The van der Waals surface area contributed by atoms with Gasteiger partial charge in [-0.1, -0.05) is 89.9 Å². The molecule has 3 rings (SSSR count). The summed E-state index contributed by atoms with van der Waals surface area (Å²) in [7, 11) is -0.752. The summed E-state index contributed by atoms with van der Waals surface area (Å²) in [5.41, 5.74) is 0. The monoisotopic (exact) mass is 330 g/mol. The van der Waals surface area contributed by atoms with E-state index in [1.807, 2.05) is 42.5 Å². The maximum atomic E-state index is 6.44. The Labute approximate surface area is 136 Å². The summed E-state index contributed by atoms with van der Waals surface area (Å²) >= 11 is 12.9. The van der Waals surface area contributed by atoms with E-state index in [4.69, 9.17) is 23.2 Å². The molecule has 0 bridgehead atoms. The van der Waals surface area contributed by atoms with Gasteiger partial charge >= 0.3 is 0 Å².